The van der Waals surface area contributed by atoms with E-state index in [1.54, 1.807) is 0 Å². The van der Waals surface area contributed by atoms with Crippen LogP contribution in [0.5, 0.6) is 0 Å². The molecule has 0 aromatic rings. The van der Waals surface area contributed by atoms with Gasteiger partial charge >= 0.3 is 0 Å². The van der Waals surface area contributed by atoms with E-state index < -0.39 is 5.79 Å². The fourth-order valence-electron chi connectivity index (χ4n) is 1.32. The van der Waals surface area contributed by atoms with E-state index in [9.17, 15) is 0 Å². The maximum absolute atomic E-state index is 5.61. The van der Waals surface area contributed by atoms with Gasteiger partial charge in [0.1, 0.15) is 0 Å². The Bertz CT molecular complexity index is 123. The molecule has 0 unspecified atom stereocenters. The van der Waals surface area contributed by atoms with Crippen LogP contribution in [0.25, 0.3) is 0 Å². The molecule has 1 fully saturated rings. The SMILES string of the molecule is CC1(C)OCC[C@@H](CCN)O1. The third-order valence-corrected chi connectivity index (χ3v) is 1.83. The minimum Gasteiger partial charge on any atom is -0.350 e. The molecule has 1 aliphatic rings. The molecule has 0 radical (unpaired) electrons. The van der Waals surface area contributed by atoms with E-state index in [1.807, 2.05) is 13.8 Å². The number of hydrogen-bond donors (Lipinski definition) is 1. The van der Waals surface area contributed by atoms with Crippen LogP contribution < -0.4 is 5.73 Å². The summed E-state index contributed by atoms with van der Waals surface area (Å²) in [4.78, 5) is 0. The van der Waals surface area contributed by atoms with Crippen molar-refractivity contribution in [3.8, 4) is 0 Å². The molecule has 0 spiro atoms. The average molecular weight is 159 g/mol. The van der Waals surface area contributed by atoms with Gasteiger partial charge in [0.15, 0.2) is 5.79 Å². The van der Waals surface area contributed by atoms with Crippen molar-refractivity contribution in [2.75, 3.05) is 13.2 Å². The van der Waals surface area contributed by atoms with Gasteiger partial charge in [-0.1, -0.05) is 0 Å². The lowest BCUT2D eigenvalue weighted by atomic mass is 10.1. The highest BCUT2D eigenvalue weighted by Gasteiger charge is 2.28. The Morgan fingerprint density at radius 2 is 2.27 bits per heavy atom. The molecule has 0 aliphatic carbocycles. The molecule has 3 heteroatoms. The standard InChI is InChI=1S/C8H17NO2/c1-8(2)10-6-4-7(11-8)3-5-9/h7H,3-6,9H2,1-2H3/t7-/m1/s1. The van der Waals surface area contributed by atoms with Crippen molar-refractivity contribution in [2.45, 2.75) is 38.6 Å². The molecule has 3 nitrogen and oxygen atoms in total. The maximum atomic E-state index is 5.61. The quantitative estimate of drug-likeness (QED) is 0.650. The molecule has 0 amide bonds. The van der Waals surface area contributed by atoms with E-state index in [-0.39, 0.29) is 0 Å². The van der Waals surface area contributed by atoms with E-state index in [4.69, 9.17) is 15.2 Å². The summed E-state index contributed by atoms with van der Waals surface area (Å²) in [7, 11) is 0. The summed E-state index contributed by atoms with van der Waals surface area (Å²) >= 11 is 0. The highest BCUT2D eigenvalue weighted by atomic mass is 16.7. The van der Waals surface area contributed by atoms with Gasteiger partial charge in [0.25, 0.3) is 0 Å². The normalized spacial score (nSPS) is 30.3. The molecule has 0 aromatic heterocycles. The van der Waals surface area contributed by atoms with Crippen molar-refractivity contribution in [1.82, 2.24) is 0 Å². The number of nitrogens with two attached hydrogens (primary N) is 1. The lowest BCUT2D eigenvalue weighted by Crippen LogP contribution is -2.40. The van der Waals surface area contributed by atoms with Crippen LogP contribution in [0.2, 0.25) is 0 Å². The van der Waals surface area contributed by atoms with Crippen molar-refractivity contribution < 1.29 is 9.47 Å². The van der Waals surface area contributed by atoms with Gasteiger partial charge in [0, 0.05) is 0 Å². The van der Waals surface area contributed by atoms with E-state index in [2.05, 4.69) is 0 Å². The topological polar surface area (TPSA) is 44.5 Å². The monoisotopic (exact) mass is 159 g/mol. The Hall–Kier alpha value is -0.120. The maximum Gasteiger partial charge on any atom is 0.163 e. The lowest BCUT2D eigenvalue weighted by Gasteiger charge is -2.35. The largest absolute Gasteiger partial charge is 0.350 e. The van der Waals surface area contributed by atoms with Crippen molar-refractivity contribution >= 4 is 0 Å². The second kappa shape index (κ2) is 3.52. The van der Waals surface area contributed by atoms with Crippen LogP contribution in [0, 0.1) is 0 Å². The highest BCUT2D eigenvalue weighted by molar-refractivity contribution is 4.68. The van der Waals surface area contributed by atoms with Gasteiger partial charge in [-0.3, -0.25) is 0 Å². The molecule has 11 heavy (non-hydrogen) atoms. The molecular formula is C8H17NO2. The van der Waals surface area contributed by atoms with E-state index in [1.165, 1.54) is 0 Å². The molecule has 0 aromatic carbocycles. The van der Waals surface area contributed by atoms with Crippen LogP contribution in [0.15, 0.2) is 0 Å². The van der Waals surface area contributed by atoms with Gasteiger partial charge in [-0.25, -0.2) is 0 Å². The second-order valence-electron chi connectivity index (χ2n) is 3.35. The van der Waals surface area contributed by atoms with Crippen LogP contribution in [-0.2, 0) is 9.47 Å². The fraction of sp³-hybridized carbons (Fsp3) is 1.00. The number of rotatable bonds is 2. The molecule has 1 aliphatic heterocycles. The first-order chi connectivity index (χ1) is 5.14. The Morgan fingerprint density at radius 3 is 2.82 bits per heavy atom. The summed E-state index contributed by atoms with van der Waals surface area (Å²) in [5.41, 5.74) is 5.43. The molecule has 1 heterocycles. The van der Waals surface area contributed by atoms with Gasteiger partial charge in [-0.2, -0.15) is 0 Å². The summed E-state index contributed by atoms with van der Waals surface area (Å²) in [6.07, 6.45) is 2.21. The Balaban J connectivity index is 2.34. The summed E-state index contributed by atoms with van der Waals surface area (Å²) in [6.45, 7) is 5.36. The van der Waals surface area contributed by atoms with Gasteiger partial charge in [0.2, 0.25) is 0 Å². The van der Waals surface area contributed by atoms with Crippen LogP contribution >= 0.6 is 0 Å². The van der Waals surface area contributed by atoms with E-state index in [0.29, 0.717) is 12.6 Å². The zero-order valence-electron chi connectivity index (χ0n) is 7.30. The van der Waals surface area contributed by atoms with Crippen molar-refractivity contribution in [3.63, 3.8) is 0 Å². The predicted molar refractivity (Wildman–Crippen MR) is 43.2 cm³/mol. The zero-order valence-corrected chi connectivity index (χ0v) is 7.30. The van der Waals surface area contributed by atoms with E-state index in [0.717, 1.165) is 19.4 Å². The molecule has 1 rings (SSSR count). The first kappa shape index (κ1) is 8.97. The van der Waals surface area contributed by atoms with Crippen molar-refractivity contribution in [1.29, 1.82) is 0 Å². The van der Waals surface area contributed by atoms with Crippen LogP contribution in [0.4, 0.5) is 0 Å². The first-order valence-electron chi connectivity index (χ1n) is 4.16. The Labute approximate surface area is 67.9 Å². The third kappa shape index (κ3) is 2.77. The molecule has 1 atom stereocenters. The summed E-state index contributed by atoms with van der Waals surface area (Å²) < 4.78 is 11.0. The predicted octanol–water partition coefficient (Wildman–Crippen LogP) is 0.877. The minimum atomic E-state index is -0.405. The zero-order chi connectivity index (χ0) is 8.32. The lowest BCUT2D eigenvalue weighted by molar-refractivity contribution is -0.273. The van der Waals surface area contributed by atoms with Crippen molar-refractivity contribution in [2.24, 2.45) is 5.73 Å². The van der Waals surface area contributed by atoms with Gasteiger partial charge in [-0.15, -0.1) is 0 Å². The van der Waals surface area contributed by atoms with Crippen molar-refractivity contribution in [3.05, 3.63) is 0 Å². The number of hydrogen-bond acceptors (Lipinski definition) is 3. The molecule has 2 N–H and O–H groups in total. The summed E-state index contributed by atoms with van der Waals surface area (Å²) in [6, 6.07) is 0. The highest BCUT2D eigenvalue weighted by Crippen LogP contribution is 2.22. The second-order valence-corrected chi connectivity index (χ2v) is 3.35. The Kier molecular flexibility index (Phi) is 2.87. The molecule has 0 bridgehead atoms. The minimum absolute atomic E-state index is 0.295. The summed E-state index contributed by atoms with van der Waals surface area (Å²) in [5, 5.41) is 0. The summed E-state index contributed by atoms with van der Waals surface area (Å²) in [5.74, 6) is -0.405. The van der Waals surface area contributed by atoms with E-state index >= 15 is 0 Å². The van der Waals surface area contributed by atoms with Crippen LogP contribution in [0.3, 0.4) is 0 Å². The molecular weight excluding hydrogens is 142 g/mol. The first-order valence-corrected chi connectivity index (χ1v) is 4.16. The average Bonchev–Trinajstić information content (AvgIpc) is 1.85. The molecule has 0 saturated carbocycles. The molecule has 1 saturated heterocycles. The smallest absolute Gasteiger partial charge is 0.163 e. The van der Waals surface area contributed by atoms with Gasteiger partial charge in [-0.05, 0) is 33.2 Å². The molecule has 66 valence electrons. The Morgan fingerprint density at radius 1 is 1.55 bits per heavy atom. The fourth-order valence-corrected chi connectivity index (χ4v) is 1.32. The van der Waals surface area contributed by atoms with Gasteiger partial charge < -0.3 is 15.2 Å². The van der Waals surface area contributed by atoms with Crippen LogP contribution in [0.1, 0.15) is 26.7 Å². The number of ether oxygens (including phenoxy) is 2. The third-order valence-electron chi connectivity index (χ3n) is 1.83. The van der Waals surface area contributed by atoms with Crippen LogP contribution in [-0.4, -0.2) is 25.0 Å². The van der Waals surface area contributed by atoms with Gasteiger partial charge in [0.05, 0.1) is 12.7 Å².